The van der Waals surface area contributed by atoms with Crippen LogP contribution in [0.1, 0.15) is 36.6 Å². The van der Waals surface area contributed by atoms with Crippen molar-refractivity contribution in [1.82, 2.24) is 4.98 Å². The molecule has 0 bridgehead atoms. The Hall–Kier alpha value is -0.940. The minimum atomic E-state index is -3.06. The smallest absolute Gasteiger partial charge is 0.341 e. The van der Waals surface area contributed by atoms with Crippen LogP contribution in [-0.2, 0) is 11.3 Å². The van der Waals surface area contributed by atoms with E-state index in [0.29, 0.717) is 24.4 Å². The third kappa shape index (κ3) is 2.82. The standard InChI is InChI=1S/C14H17BrF2N2/c1-8(2)9-3-4-12-11(7-9)10(5-6-18)13(19-12)14(15,16)17/h3-4,7-8,19H,5-6,18H2,1-2H3. The molecule has 2 aromatic rings. The lowest BCUT2D eigenvalue weighted by Crippen LogP contribution is -2.10. The zero-order valence-electron chi connectivity index (χ0n) is 10.9. The molecule has 0 radical (unpaired) electrons. The third-order valence-electron chi connectivity index (χ3n) is 3.27. The first-order valence-corrected chi connectivity index (χ1v) is 7.05. The van der Waals surface area contributed by atoms with Crippen LogP contribution >= 0.6 is 15.9 Å². The summed E-state index contributed by atoms with van der Waals surface area (Å²) >= 11 is 2.43. The zero-order valence-corrected chi connectivity index (χ0v) is 12.5. The van der Waals surface area contributed by atoms with Crippen LogP contribution in [-0.4, -0.2) is 11.5 Å². The van der Waals surface area contributed by atoms with Gasteiger partial charge in [0.1, 0.15) is 5.69 Å². The quantitative estimate of drug-likeness (QED) is 0.809. The van der Waals surface area contributed by atoms with Crippen molar-refractivity contribution in [3.8, 4) is 0 Å². The summed E-state index contributed by atoms with van der Waals surface area (Å²) in [5.74, 6) is 0.359. The van der Waals surface area contributed by atoms with E-state index in [-0.39, 0.29) is 5.69 Å². The van der Waals surface area contributed by atoms with E-state index >= 15 is 0 Å². The number of benzene rings is 1. The molecule has 0 aliphatic carbocycles. The summed E-state index contributed by atoms with van der Waals surface area (Å²) in [6, 6.07) is 5.79. The third-order valence-corrected chi connectivity index (χ3v) is 3.67. The molecule has 2 nitrogen and oxygen atoms in total. The Morgan fingerprint density at radius 3 is 2.58 bits per heavy atom. The van der Waals surface area contributed by atoms with Crippen molar-refractivity contribution >= 4 is 26.8 Å². The van der Waals surface area contributed by atoms with E-state index in [0.717, 1.165) is 16.5 Å². The van der Waals surface area contributed by atoms with E-state index in [1.807, 2.05) is 18.2 Å². The van der Waals surface area contributed by atoms with Crippen LogP contribution in [0.4, 0.5) is 8.78 Å². The van der Waals surface area contributed by atoms with Gasteiger partial charge in [-0.15, -0.1) is 0 Å². The van der Waals surface area contributed by atoms with Crippen molar-refractivity contribution in [1.29, 1.82) is 0 Å². The van der Waals surface area contributed by atoms with Crippen LogP contribution < -0.4 is 5.73 Å². The molecule has 0 amide bonds. The van der Waals surface area contributed by atoms with E-state index in [1.165, 1.54) is 0 Å². The second-order valence-corrected chi connectivity index (χ2v) is 5.97. The van der Waals surface area contributed by atoms with Crippen molar-refractivity contribution in [3.63, 3.8) is 0 Å². The Balaban J connectivity index is 2.68. The summed E-state index contributed by atoms with van der Waals surface area (Å²) in [5, 5.41) is 0.839. The monoisotopic (exact) mass is 330 g/mol. The maximum atomic E-state index is 13.6. The highest BCUT2D eigenvalue weighted by Crippen LogP contribution is 2.39. The molecule has 1 heterocycles. The topological polar surface area (TPSA) is 41.8 Å². The number of nitrogens with two attached hydrogens (primary N) is 1. The van der Waals surface area contributed by atoms with E-state index in [9.17, 15) is 8.78 Å². The lowest BCUT2D eigenvalue weighted by atomic mass is 9.99. The van der Waals surface area contributed by atoms with Gasteiger partial charge >= 0.3 is 4.83 Å². The Kier molecular flexibility index (Phi) is 3.97. The molecule has 1 aromatic carbocycles. The molecule has 0 saturated carbocycles. The lowest BCUT2D eigenvalue weighted by Gasteiger charge is -2.09. The molecule has 0 aliphatic heterocycles. The van der Waals surface area contributed by atoms with Crippen molar-refractivity contribution < 1.29 is 8.78 Å². The van der Waals surface area contributed by atoms with E-state index in [2.05, 4.69) is 34.8 Å². The number of nitrogens with one attached hydrogen (secondary N) is 1. The maximum absolute atomic E-state index is 13.6. The van der Waals surface area contributed by atoms with Crippen molar-refractivity contribution in [2.24, 2.45) is 5.73 Å². The summed E-state index contributed by atoms with van der Waals surface area (Å²) < 4.78 is 27.2. The number of hydrogen-bond acceptors (Lipinski definition) is 1. The van der Waals surface area contributed by atoms with E-state index in [4.69, 9.17) is 5.73 Å². The lowest BCUT2D eigenvalue weighted by molar-refractivity contribution is 0.109. The molecule has 2 rings (SSSR count). The molecule has 0 aliphatic rings. The summed E-state index contributed by atoms with van der Waals surface area (Å²) in [6.07, 6.45) is 0.429. The number of aromatic nitrogens is 1. The van der Waals surface area contributed by atoms with Gasteiger partial charge in [-0.25, -0.2) is 0 Å². The van der Waals surface area contributed by atoms with Gasteiger partial charge in [-0.2, -0.15) is 8.78 Å². The van der Waals surface area contributed by atoms with Crippen LogP contribution in [0, 0.1) is 0 Å². The number of hydrogen-bond donors (Lipinski definition) is 2. The second-order valence-electron chi connectivity index (χ2n) is 4.97. The fourth-order valence-electron chi connectivity index (χ4n) is 2.27. The largest absolute Gasteiger partial charge is 0.352 e. The zero-order chi connectivity index (χ0) is 14.2. The highest BCUT2D eigenvalue weighted by molar-refractivity contribution is 9.09. The molecular formula is C14H17BrF2N2. The van der Waals surface area contributed by atoms with Gasteiger partial charge in [0.25, 0.3) is 0 Å². The Morgan fingerprint density at radius 2 is 2.05 bits per heavy atom. The minimum absolute atomic E-state index is 0.0890. The number of fused-ring (bicyclic) bond motifs is 1. The van der Waals surface area contributed by atoms with Crippen LogP contribution in [0.25, 0.3) is 10.9 Å². The highest BCUT2D eigenvalue weighted by Gasteiger charge is 2.32. The van der Waals surface area contributed by atoms with Crippen LogP contribution in [0.15, 0.2) is 18.2 Å². The number of aromatic amines is 1. The molecule has 0 unspecified atom stereocenters. The van der Waals surface area contributed by atoms with Gasteiger partial charge in [-0.1, -0.05) is 19.9 Å². The van der Waals surface area contributed by atoms with Crippen molar-refractivity contribution in [3.05, 3.63) is 35.0 Å². The van der Waals surface area contributed by atoms with Gasteiger partial charge in [0.05, 0.1) is 0 Å². The van der Waals surface area contributed by atoms with Crippen LogP contribution in [0.5, 0.6) is 0 Å². The number of alkyl halides is 3. The fraction of sp³-hybridized carbons (Fsp3) is 0.429. The first kappa shape index (κ1) is 14.5. The predicted molar refractivity (Wildman–Crippen MR) is 78.0 cm³/mol. The first-order valence-electron chi connectivity index (χ1n) is 6.26. The van der Waals surface area contributed by atoms with Crippen LogP contribution in [0.3, 0.4) is 0 Å². The summed E-state index contributed by atoms with van der Waals surface area (Å²) in [6.45, 7) is 4.50. The maximum Gasteiger partial charge on any atom is 0.341 e. The van der Waals surface area contributed by atoms with Crippen molar-refractivity contribution in [2.75, 3.05) is 6.54 Å². The van der Waals surface area contributed by atoms with Gasteiger partial charge in [0, 0.05) is 10.9 Å². The Morgan fingerprint density at radius 1 is 1.37 bits per heavy atom. The fourth-order valence-corrected chi connectivity index (χ4v) is 2.61. The predicted octanol–water partition coefficient (Wildman–Crippen LogP) is 4.24. The van der Waals surface area contributed by atoms with Gasteiger partial charge in [-0.05, 0) is 58.1 Å². The molecule has 0 atom stereocenters. The highest BCUT2D eigenvalue weighted by atomic mass is 79.9. The SMILES string of the molecule is CC(C)c1ccc2[nH]c(C(F)(F)Br)c(CCN)c2c1. The molecule has 5 heteroatoms. The minimum Gasteiger partial charge on any atom is -0.352 e. The molecule has 3 N–H and O–H groups in total. The molecular weight excluding hydrogens is 314 g/mol. The molecule has 1 aromatic heterocycles. The normalized spacial score (nSPS) is 12.6. The van der Waals surface area contributed by atoms with Crippen LogP contribution in [0.2, 0.25) is 0 Å². The molecule has 104 valence electrons. The number of halogens is 3. The summed E-state index contributed by atoms with van der Waals surface area (Å²) in [4.78, 5) is -0.258. The number of rotatable bonds is 4. The molecule has 0 spiro atoms. The first-order chi connectivity index (χ1) is 8.84. The second kappa shape index (κ2) is 5.21. The summed E-state index contributed by atoms with van der Waals surface area (Å²) in [5.41, 5.74) is 7.91. The van der Waals surface area contributed by atoms with E-state index < -0.39 is 4.83 Å². The average molecular weight is 331 g/mol. The molecule has 0 fully saturated rings. The summed E-state index contributed by atoms with van der Waals surface area (Å²) in [7, 11) is 0. The molecule has 19 heavy (non-hydrogen) atoms. The van der Waals surface area contributed by atoms with Gasteiger partial charge < -0.3 is 10.7 Å². The van der Waals surface area contributed by atoms with E-state index in [1.54, 1.807) is 0 Å². The van der Waals surface area contributed by atoms with Crippen molar-refractivity contribution in [2.45, 2.75) is 31.0 Å². The van der Waals surface area contributed by atoms with Gasteiger partial charge in [-0.3, -0.25) is 0 Å². The Labute approximate surface area is 119 Å². The number of H-pyrrole nitrogens is 1. The molecule has 0 saturated heterocycles. The Bertz CT molecular complexity index is 585. The average Bonchev–Trinajstić information content (AvgIpc) is 2.68. The van der Waals surface area contributed by atoms with Gasteiger partial charge in [0.2, 0.25) is 0 Å². The van der Waals surface area contributed by atoms with Gasteiger partial charge in [0.15, 0.2) is 0 Å².